The molecule has 0 aromatic rings. The number of hydrogen-bond donors (Lipinski definition) is 0. The molecule has 0 aliphatic heterocycles. The molecule has 0 aliphatic rings. The average molecular weight is 188 g/mol. The predicted molar refractivity (Wildman–Crippen MR) is 61.2 cm³/mol. The van der Waals surface area contributed by atoms with Gasteiger partial charge >= 0.3 is 0 Å². The molecule has 0 spiro atoms. The molecule has 0 nitrogen and oxygen atoms in total. The summed E-state index contributed by atoms with van der Waals surface area (Å²) < 4.78 is 0. The van der Waals surface area contributed by atoms with Crippen LogP contribution >= 0.6 is 0 Å². The molecule has 0 N–H and O–H groups in total. The van der Waals surface area contributed by atoms with Crippen LogP contribution in [0, 0.1) is 0 Å². The van der Waals surface area contributed by atoms with E-state index in [4.69, 9.17) is 0 Å². The fourth-order valence-corrected chi connectivity index (χ4v) is 4.53. The van der Waals surface area contributed by atoms with E-state index < -0.39 is 8.07 Å². The van der Waals surface area contributed by atoms with Crippen molar-refractivity contribution < 1.29 is 0 Å². The number of hydrogen-bond acceptors (Lipinski definition) is 0. The van der Waals surface area contributed by atoms with Crippen LogP contribution in [0.15, 0.2) is 0 Å². The van der Waals surface area contributed by atoms with Gasteiger partial charge in [-0.3, -0.25) is 0 Å². The molecule has 2 heteroatoms. The Labute approximate surface area is 75.6 Å². The van der Waals surface area contributed by atoms with E-state index in [0.29, 0.717) is 9.52 Å². The van der Waals surface area contributed by atoms with E-state index in [1.54, 1.807) is 24.6 Å². The summed E-state index contributed by atoms with van der Waals surface area (Å²) in [7, 11) is -0.331. The van der Waals surface area contributed by atoms with Gasteiger partial charge < -0.3 is 0 Å². The maximum absolute atomic E-state index is 2.48. The Morgan fingerprint density at radius 3 is 2.18 bits per heavy atom. The summed E-state index contributed by atoms with van der Waals surface area (Å²) in [6.07, 6.45) is 2.97. The van der Waals surface area contributed by atoms with Crippen LogP contribution in [0.1, 0.15) is 19.8 Å². The molecular weight excluding hydrogens is 164 g/mol. The molecule has 0 saturated heterocycles. The van der Waals surface area contributed by atoms with Crippen molar-refractivity contribution in [1.82, 2.24) is 0 Å². The lowest BCUT2D eigenvalue weighted by molar-refractivity contribution is 1.01. The molecule has 0 bridgehead atoms. The molecule has 0 aromatic heterocycles. The van der Waals surface area contributed by atoms with Crippen molar-refractivity contribution in [3.05, 3.63) is 0 Å². The molecule has 0 amide bonds. The van der Waals surface area contributed by atoms with Crippen molar-refractivity contribution in [2.24, 2.45) is 0 Å². The average Bonchev–Trinajstić information content (AvgIpc) is 1.85. The molecule has 0 heterocycles. The largest absolute Gasteiger partial charge is 0.0695 e. The van der Waals surface area contributed by atoms with Crippen LogP contribution < -0.4 is 0 Å². The molecule has 0 unspecified atom stereocenters. The van der Waals surface area contributed by atoms with Crippen LogP contribution in [-0.4, -0.2) is 17.6 Å². The summed E-state index contributed by atoms with van der Waals surface area (Å²) >= 11 is 0. The van der Waals surface area contributed by atoms with Gasteiger partial charge in [-0.25, -0.2) is 0 Å². The zero-order valence-electron chi connectivity index (χ0n) is 8.74. The fourth-order valence-electron chi connectivity index (χ4n) is 1.26. The molecular formula is C9H24Si2. The van der Waals surface area contributed by atoms with E-state index in [1.165, 1.54) is 6.42 Å². The van der Waals surface area contributed by atoms with Gasteiger partial charge in [0, 0.05) is 17.6 Å². The van der Waals surface area contributed by atoms with Gasteiger partial charge in [-0.15, -0.1) is 0 Å². The van der Waals surface area contributed by atoms with Crippen LogP contribution in [0.25, 0.3) is 0 Å². The lowest BCUT2D eigenvalue weighted by Crippen LogP contribution is -2.18. The van der Waals surface area contributed by atoms with Crippen LogP contribution in [0.3, 0.4) is 0 Å². The molecule has 68 valence electrons. The molecule has 0 rings (SSSR count). The lowest BCUT2D eigenvalue weighted by atomic mass is 10.6. The van der Waals surface area contributed by atoms with E-state index >= 15 is 0 Å². The Morgan fingerprint density at radius 2 is 1.73 bits per heavy atom. The Balaban J connectivity index is 3.02. The van der Waals surface area contributed by atoms with Crippen molar-refractivity contribution in [2.75, 3.05) is 0 Å². The van der Waals surface area contributed by atoms with Crippen molar-refractivity contribution >= 4 is 17.6 Å². The first kappa shape index (κ1) is 11.4. The highest BCUT2D eigenvalue weighted by Crippen LogP contribution is 2.13. The van der Waals surface area contributed by atoms with Gasteiger partial charge in [0.05, 0.1) is 0 Å². The molecule has 0 fully saturated rings. The summed E-state index contributed by atoms with van der Waals surface area (Å²) in [5.41, 5.74) is 0. The van der Waals surface area contributed by atoms with E-state index in [9.17, 15) is 0 Å². The molecule has 0 aliphatic carbocycles. The monoisotopic (exact) mass is 188 g/mol. The summed E-state index contributed by atoms with van der Waals surface area (Å²) in [6.45, 7) is 9.75. The third kappa shape index (κ3) is 10.4. The minimum atomic E-state index is -0.695. The quantitative estimate of drug-likeness (QED) is 0.444. The fraction of sp³-hybridized carbons (Fsp3) is 1.00. The third-order valence-electron chi connectivity index (χ3n) is 2.03. The predicted octanol–water partition coefficient (Wildman–Crippen LogP) is 3.13. The van der Waals surface area contributed by atoms with E-state index in [0.717, 1.165) is 0 Å². The normalized spacial score (nSPS) is 13.1. The standard InChI is InChI=1S/C9H24Si2/c1-5-7-10-8-6-9-11(2,3)4/h5-10H2,1-4H3. The lowest BCUT2D eigenvalue weighted by Gasteiger charge is -2.14. The topological polar surface area (TPSA) is 0 Å². The maximum Gasteiger partial charge on any atom is 0.0442 e. The maximum atomic E-state index is 2.48. The second-order valence-corrected chi connectivity index (χ2v) is 12.5. The Bertz CT molecular complexity index is 84.1. The zero-order valence-corrected chi connectivity index (χ0v) is 11.2. The third-order valence-corrected chi connectivity index (χ3v) is 6.09. The Morgan fingerprint density at radius 1 is 1.09 bits per heavy atom. The van der Waals surface area contributed by atoms with Gasteiger partial charge in [-0.2, -0.15) is 0 Å². The van der Waals surface area contributed by atoms with Gasteiger partial charge in [-0.05, 0) is 0 Å². The molecule has 0 aromatic carbocycles. The first-order valence-electron chi connectivity index (χ1n) is 5.06. The number of rotatable bonds is 6. The highest BCUT2D eigenvalue weighted by Gasteiger charge is 2.11. The second kappa shape index (κ2) is 6.01. The Kier molecular flexibility index (Phi) is 6.24. The summed E-state index contributed by atoms with van der Waals surface area (Å²) in [5, 5.41) is 0. The van der Waals surface area contributed by atoms with E-state index in [1.807, 2.05) is 0 Å². The summed E-state index contributed by atoms with van der Waals surface area (Å²) in [6, 6.07) is 4.74. The Hall–Kier alpha value is 0.434. The van der Waals surface area contributed by atoms with Crippen LogP contribution in [0.2, 0.25) is 37.8 Å². The molecule has 11 heavy (non-hydrogen) atoms. The highest BCUT2D eigenvalue weighted by atomic mass is 28.3. The molecule has 0 radical (unpaired) electrons. The molecule has 0 atom stereocenters. The van der Waals surface area contributed by atoms with Crippen LogP contribution in [0.4, 0.5) is 0 Å². The smallest absolute Gasteiger partial charge is 0.0442 e. The van der Waals surface area contributed by atoms with E-state index in [-0.39, 0.29) is 0 Å². The summed E-state index contributed by atoms with van der Waals surface area (Å²) in [5.74, 6) is 0. The van der Waals surface area contributed by atoms with Gasteiger partial charge in [0.15, 0.2) is 0 Å². The van der Waals surface area contributed by atoms with Gasteiger partial charge in [0.1, 0.15) is 0 Å². The minimum absolute atomic E-state index is 0.365. The van der Waals surface area contributed by atoms with Crippen molar-refractivity contribution in [3.8, 4) is 0 Å². The summed E-state index contributed by atoms with van der Waals surface area (Å²) in [4.78, 5) is 0. The SMILES string of the molecule is CCC[SiH2]CCC[Si](C)(C)C. The van der Waals surface area contributed by atoms with Crippen LogP contribution in [0.5, 0.6) is 0 Å². The van der Waals surface area contributed by atoms with Crippen LogP contribution in [-0.2, 0) is 0 Å². The van der Waals surface area contributed by atoms with Crippen molar-refractivity contribution in [2.45, 2.75) is 57.5 Å². The van der Waals surface area contributed by atoms with E-state index in [2.05, 4.69) is 26.6 Å². The first-order valence-corrected chi connectivity index (χ1v) is 10.8. The van der Waals surface area contributed by atoms with Gasteiger partial charge in [0.2, 0.25) is 0 Å². The first-order chi connectivity index (χ1) is 5.06. The highest BCUT2D eigenvalue weighted by molar-refractivity contribution is 6.76. The van der Waals surface area contributed by atoms with Gasteiger partial charge in [0.25, 0.3) is 0 Å². The van der Waals surface area contributed by atoms with Crippen molar-refractivity contribution in [1.29, 1.82) is 0 Å². The van der Waals surface area contributed by atoms with Crippen molar-refractivity contribution in [3.63, 3.8) is 0 Å². The second-order valence-electron chi connectivity index (χ2n) is 4.72. The van der Waals surface area contributed by atoms with Gasteiger partial charge in [-0.1, -0.05) is 57.5 Å². The minimum Gasteiger partial charge on any atom is -0.0695 e. The molecule has 0 saturated carbocycles. The zero-order chi connectivity index (χ0) is 8.74.